The van der Waals surface area contributed by atoms with Crippen molar-refractivity contribution in [2.75, 3.05) is 6.54 Å². The van der Waals surface area contributed by atoms with Crippen molar-refractivity contribution in [2.24, 2.45) is 5.92 Å². The molecule has 0 amide bonds. The number of hydrogen-bond acceptors (Lipinski definition) is 5. The van der Waals surface area contributed by atoms with Crippen molar-refractivity contribution < 1.29 is 0 Å². The Morgan fingerprint density at radius 3 is 2.69 bits per heavy atom. The second-order valence-corrected chi connectivity index (χ2v) is 10.5. The molecule has 0 radical (unpaired) electrons. The first-order valence-corrected chi connectivity index (χ1v) is 12.7. The maximum absolute atomic E-state index is 9.65. The molecule has 4 atom stereocenters. The SMILES string of the molecule is C[C@@H]1CC(c2cnc3c(C#N)nn([C@H](C)c4ccc(Cl)cc4Cl)c3n2)=CCC1N1CCC[C@H]1C.Cl. The van der Waals surface area contributed by atoms with Gasteiger partial charge in [0.1, 0.15) is 11.6 Å². The van der Waals surface area contributed by atoms with Gasteiger partial charge in [-0.3, -0.25) is 4.90 Å². The van der Waals surface area contributed by atoms with E-state index in [0.717, 1.165) is 24.1 Å². The minimum absolute atomic E-state index is 0. The molecule has 184 valence electrons. The Balaban J connectivity index is 0.00000289. The number of halogens is 3. The summed E-state index contributed by atoms with van der Waals surface area (Å²) in [6, 6.07) is 8.58. The van der Waals surface area contributed by atoms with Gasteiger partial charge in [0.05, 0.1) is 17.9 Å². The van der Waals surface area contributed by atoms with Crippen molar-refractivity contribution in [2.45, 2.75) is 64.6 Å². The highest BCUT2D eigenvalue weighted by atomic mass is 35.5. The first-order chi connectivity index (χ1) is 16.4. The molecule has 6 nitrogen and oxygen atoms in total. The van der Waals surface area contributed by atoms with Crippen LogP contribution in [0.25, 0.3) is 16.7 Å². The lowest BCUT2D eigenvalue weighted by atomic mass is 9.83. The Morgan fingerprint density at radius 2 is 2.03 bits per heavy atom. The molecule has 1 unspecified atom stereocenters. The van der Waals surface area contributed by atoms with E-state index in [2.05, 4.69) is 41.0 Å². The summed E-state index contributed by atoms with van der Waals surface area (Å²) >= 11 is 12.6. The molecular formula is C26H29Cl3N6. The molecule has 0 bridgehead atoms. The molecular weight excluding hydrogens is 503 g/mol. The summed E-state index contributed by atoms with van der Waals surface area (Å²) in [5, 5.41) is 15.3. The van der Waals surface area contributed by atoms with Gasteiger partial charge in [-0.05, 0) is 75.3 Å². The van der Waals surface area contributed by atoms with Gasteiger partial charge in [-0.2, -0.15) is 10.4 Å². The summed E-state index contributed by atoms with van der Waals surface area (Å²) < 4.78 is 1.75. The zero-order valence-corrected chi connectivity index (χ0v) is 22.4. The summed E-state index contributed by atoms with van der Waals surface area (Å²) in [4.78, 5) is 12.3. The van der Waals surface area contributed by atoms with Crippen LogP contribution >= 0.6 is 35.6 Å². The van der Waals surface area contributed by atoms with Crippen LogP contribution in [0.3, 0.4) is 0 Å². The van der Waals surface area contributed by atoms with Crippen molar-refractivity contribution >= 4 is 52.3 Å². The predicted molar refractivity (Wildman–Crippen MR) is 143 cm³/mol. The molecule has 1 saturated heterocycles. The van der Waals surface area contributed by atoms with Gasteiger partial charge in [-0.25, -0.2) is 14.6 Å². The fraction of sp³-hybridized carbons (Fsp3) is 0.462. The summed E-state index contributed by atoms with van der Waals surface area (Å²) in [7, 11) is 0. The van der Waals surface area contributed by atoms with E-state index in [4.69, 9.17) is 28.2 Å². The van der Waals surface area contributed by atoms with E-state index in [0.29, 0.717) is 39.2 Å². The van der Waals surface area contributed by atoms with E-state index >= 15 is 0 Å². The molecule has 1 aliphatic heterocycles. The van der Waals surface area contributed by atoms with E-state index in [1.165, 1.54) is 25.0 Å². The molecule has 2 aliphatic rings. The lowest BCUT2D eigenvalue weighted by molar-refractivity contribution is 0.140. The maximum atomic E-state index is 9.65. The Hall–Kier alpha value is -2.17. The minimum Gasteiger partial charge on any atom is -0.297 e. The second-order valence-electron chi connectivity index (χ2n) is 9.62. The molecule has 1 aliphatic carbocycles. The first kappa shape index (κ1) is 25.9. The van der Waals surface area contributed by atoms with Gasteiger partial charge >= 0.3 is 0 Å². The van der Waals surface area contributed by atoms with Crippen molar-refractivity contribution in [3.63, 3.8) is 0 Å². The number of fused-ring (bicyclic) bond motifs is 1. The van der Waals surface area contributed by atoms with Crippen LogP contribution in [-0.2, 0) is 0 Å². The fourth-order valence-corrected chi connectivity index (χ4v) is 6.13. The summed E-state index contributed by atoms with van der Waals surface area (Å²) in [5.74, 6) is 0.546. The van der Waals surface area contributed by atoms with Crippen molar-refractivity contribution in [3.05, 3.63) is 57.5 Å². The Morgan fingerprint density at radius 1 is 1.23 bits per heavy atom. The van der Waals surface area contributed by atoms with E-state index in [1.807, 2.05) is 13.0 Å². The van der Waals surface area contributed by atoms with Crippen molar-refractivity contribution in [1.82, 2.24) is 24.6 Å². The van der Waals surface area contributed by atoms with Gasteiger partial charge in [0.15, 0.2) is 11.3 Å². The standard InChI is InChI=1S/C26H28Cl2N6.ClH/c1-15-11-18(6-9-24(15)33-10-4-5-16(33)2)23-14-30-25-22(13-29)32-34(26(25)31-23)17(3)20-8-7-19(27)12-21(20)28;/h6-8,12,14-17,24H,4-5,9-11H2,1-3H3;1H/t15-,16-,17-,24?;/m1./s1. The molecule has 5 rings (SSSR count). The number of rotatable bonds is 4. The Labute approximate surface area is 222 Å². The number of nitriles is 1. The van der Waals surface area contributed by atoms with E-state index < -0.39 is 0 Å². The van der Waals surface area contributed by atoms with Gasteiger partial charge in [0, 0.05) is 22.1 Å². The second kappa shape index (κ2) is 10.4. The van der Waals surface area contributed by atoms with E-state index in [9.17, 15) is 5.26 Å². The third kappa shape index (κ3) is 4.80. The van der Waals surface area contributed by atoms with Crippen LogP contribution in [0.1, 0.15) is 69.4 Å². The summed E-state index contributed by atoms with van der Waals surface area (Å²) in [6.45, 7) is 7.88. The van der Waals surface area contributed by atoms with Crippen LogP contribution in [0, 0.1) is 17.2 Å². The normalized spacial score (nSPS) is 23.5. The average molecular weight is 532 g/mol. The zero-order valence-electron chi connectivity index (χ0n) is 20.1. The molecule has 3 heterocycles. The number of aromatic nitrogens is 4. The molecule has 2 aromatic heterocycles. The molecule has 1 fully saturated rings. The Bertz CT molecular complexity index is 1310. The predicted octanol–water partition coefficient (Wildman–Crippen LogP) is 6.70. The monoisotopic (exact) mass is 530 g/mol. The molecule has 0 saturated carbocycles. The van der Waals surface area contributed by atoms with E-state index in [1.54, 1.807) is 23.0 Å². The highest BCUT2D eigenvalue weighted by molar-refractivity contribution is 6.35. The molecule has 35 heavy (non-hydrogen) atoms. The van der Waals surface area contributed by atoms with Gasteiger partial charge in [0.2, 0.25) is 0 Å². The molecule has 1 aromatic carbocycles. The largest absolute Gasteiger partial charge is 0.297 e. The highest BCUT2D eigenvalue weighted by Crippen LogP contribution is 2.36. The highest BCUT2D eigenvalue weighted by Gasteiger charge is 2.33. The van der Waals surface area contributed by atoms with Gasteiger partial charge in [0.25, 0.3) is 0 Å². The quantitative estimate of drug-likeness (QED) is 0.374. The topological polar surface area (TPSA) is 70.6 Å². The van der Waals surface area contributed by atoms with Crippen LogP contribution < -0.4 is 0 Å². The van der Waals surface area contributed by atoms with E-state index in [-0.39, 0.29) is 24.1 Å². The zero-order chi connectivity index (χ0) is 24.0. The summed E-state index contributed by atoms with van der Waals surface area (Å²) in [6.07, 6.45) is 8.70. The lowest BCUT2D eigenvalue weighted by Gasteiger charge is -2.38. The van der Waals surface area contributed by atoms with Crippen molar-refractivity contribution in [1.29, 1.82) is 5.26 Å². The Kier molecular flexibility index (Phi) is 7.73. The number of allylic oxidation sites excluding steroid dienone is 1. The molecule has 0 spiro atoms. The van der Waals surface area contributed by atoms with Crippen molar-refractivity contribution in [3.8, 4) is 6.07 Å². The van der Waals surface area contributed by atoms with Crippen LogP contribution in [0.15, 0.2) is 30.5 Å². The van der Waals surface area contributed by atoms with Gasteiger partial charge in [-0.15, -0.1) is 12.4 Å². The first-order valence-electron chi connectivity index (χ1n) is 11.9. The number of hydrogen-bond donors (Lipinski definition) is 0. The van der Waals surface area contributed by atoms with Crippen LogP contribution in [0.2, 0.25) is 10.0 Å². The fourth-order valence-electron chi connectivity index (χ4n) is 5.56. The van der Waals surface area contributed by atoms with Crippen LogP contribution in [-0.4, -0.2) is 43.3 Å². The maximum Gasteiger partial charge on any atom is 0.190 e. The minimum atomic E-state index is -0.237. The van der Waals surface area contributed by atoms with Gasteiger partial charge < -0.3 is 0 Å². The smallest absolute Gasteiger partial charge is 0.190 e. The lowest BCUT2D eigenvalue weighted by Crippen LogP contribution is -2.42. The average Bonchev–Trinajstić information content (AvgIpc) is 3.41. The van der Waals surface area contributed by atoms with Crippen LogP contribution in [0.4, 0.5) is 0 Å². The molecule has 0 N–H and O–H groups in total. The number of nitrogens with zero attached hydrogens (tertiary/aromatic N) is 6. The molecule has 3 aromatic rings. The number of likely N-dealkylation sites (tertiary alicyclic amines) is 1. The third-order valence-corrected chi connectivity index (χ3v) is 8.01. The molecule has 9 heteroatoms. The number of benzene rings is 1. The third-order valence-electron chi connectivity index (χ3n) is 7.45. The summed E-state index contributed by atoms with van der Waals surface area (Å²) in [5.41, 5.74) is 4.30. The van der Waals surface area contributed by atoms with Gasteiger partial charge in [-0.1, -0.05) is 42.3 Å². The van der Waals surface area contributed by atoms with Crippen LogP contribution in [0.5, 0.6) is 0 Å².